The molecule has 0 bridgehead atoms. The summed E-state index contributed by atoms with van der Waals surface area (Å²) in [7, 11) is 0. The number of carboxylic acid groups (broad SMARTS) is 2. The molecule has 1 aliphatic carbocycles. The van der Waals surface area contributed by atoms with Gasteiger partial charge in [0.1, 0.15) is 0 Å². The lowest BCUT2D eigenvalue weighted by Crippen LogP contribution is -2.12. The van der Waals surface area contributed by atoms with Crippen molar-refractivity contribution in [1.82, 2.24) is 0 Å². The smallest absolute Gasteiger partial charge is 0.336 e. The molecule has 0 radical (unpaired) electrons. The van der Waals surface area contributed by atoms with Crippen LogP contribution in [-0.4, -0.2) is 22.2 Å². The lowest BCUT2D eigenvalue weighted by Gasteiger charge is -2.14. The van der Waals surface area contributed by atoms with Crippen molar-refractivity contribution in [3.8, 4) is 0 Å². The maximum absolute atomic E-state index is 11.3. The van der Waals surface area contributed by atoms with E-state index < -0.39 is 11.9 Å². The van der Waals surface area contributed by atoms with E-state index in [2.05, 4.69) is 0 Å². The van der Waals surface area contributed by atoms with E-state index in [1.807, 2.05) is 0 Å². The first-order chi connectivity index (χ1) is 7.93. The molecule has 1 saturated carbocycles. The molecule has 0 heterocycles. The number of rotatable bonds is 3. The summed E-state index contributed by atoms with van der Waals surface area (Å²) in [6.45, 7) is 3.35. The van der Waals surface area contributed by atoms with Gasteiger partial charge in [-0.3, -0.25) is 0 Å². The molecular formula is C13H14O4. The molecular weight excluding hydrogens is 220 g/mol. The number of carbonyl (C=O) groups is 2. The molecule has 90 valence electrons. The molecule has 2 rings (SSSR count). The van der Waals surface area contributed by atoms with Crippen molar-refractivity contribution in [3.05, 3.63) is 33.9 Å². The Morgan fingerprint density at radius 1 is 1.18 bits per heavy atom. The second-order valence-corrected chi connectivity index (χ2v) is 4.54. The minimum absolute atomic E-state index is 0.0873. The van der Waals surface area contributed by atoms with Gasteiger partial charge in [-0.25, -0.2) is 9.59 Å². The van der Waals surface area contributed by atoms with E-state index in [-0.39, 0.29) is 11.1 Å². The standard InChI is InChI=1S/C13H14O4/c1-6-5-9(12(14)15)7(2)11(13(16)17)10(6)8-3-4-8/h5,8H,3-4H2,1-2H3,(H,14,15)(H,16,17). The fraction of sp³-hybridized carbons (Fsp3) is 0.385. The summed E-state index contributed by atoms with van der Waals surface area (Å²) in [5.74, 6) is -1.81. The van der Waals surface area contributed by atoms with E-state index in [0.717, 1.165) is 24.0 Å². The zero-order valence-electron chi connectivity index (χ0n) is 9.78. The molecule has 4 heteroatoms. The highest BCUT2D eigenvalue weighted by molar-refractivity contribution is 5.98. The first-order valence-electron chi connectivity index (χ1n) is 5.54. The molecule has 0 aliphatic heterocycles. The number of hydrogen-bond acceptors (Lipinski definition) is 2. The van der Waals surface area contributed by atoms with Gasteiger partial charge in [0.25, 0.3) is 0 Å². The number of aromatic carboxylic acids is 2. The molecule has 0 saturated heterocycles. The summed E-state index contributed by atoms with van der Waals surface area (Å²) >= 11 is 0. The maximum Gasteiger partial charge on any atom is 0.336 e. The van der Waals surface area contributed by atoms with Crippen LogP contribution in [0.15, 0.2) is 6.07 Å². The van der Waals surface area contributed by atoms with Gasteiger partial charge in [-0.2, -0.15) is 0 Å². The Hall–Kier alpha value is -1.84. The Kier molecular flexibility index (Phi) is 2.65. The fourth-order valence-corrected chi connectivity index (χ4v) is 2.33. The van der Waals surface area contributed by atoms with Gasteiger partial charge in [0, 0.05) is 0 Å². The first kappa shape index (κ1) is 11.6. The molecule has 1 aliphatic rings. The lowest BCUT2D eigenvalue weighted by molar-refractivity contribution is 0.0694. The highest BCUT2D eigenvalue weighted by atomic mass is 16.4. The Morgan fingerprint density at radius 2 is 1.76 bits per heavy atom. The van der Waals surface area contributed by atoms with Crippen molar-refractivity contribution < 1.29 is 19.8 Å². The van der Waals surface area contributed by atoms with E-state index in [4.69, 9.17) is 5.11 Å². The largest absolute Gasteiger partial charge is 0.478 e. The monoisotopic (exact) mass is 234 g/mol. The van der Waals surface area contributed by atoms with Crippen LogP contribution in [0.25, 0.3) is 0 Å². The predicted molar refractivity (Wildman–Crippen MR) is 61.8 cm³/mol. The lowest BCUT2D eigenvalue weighted by atomic mass is 9.90. The van der Waals surface area contributed by atoms with E-state index in [0.29, 0.717) is 11.5 Å². The summed E-state index contributed by atoms with van der Waals surface area (Å²) < 4.78 is 0. The Labute approximate surface area is 98.9 Å². The third-order valence-electron chi connectivity index (χ3n) is 3.26. The van der Waals surface area contributed by atoms with Gasteiger partial charge in [0.05, 0.1) is 11.1 Å². The SMILES string of the molecule is Cc1cc(C(=O)O)c(C)c(C(=O)O)c1C1CC1. The summed E-state index contributed by atoms with van der Waals surface area (Å²) in [5, 5.41) is 18.3. The van der Waals surface area contributed by atoms with E-state index in [1.165, 1.54) is 0 Å². The van der Waals surface area contributed by atoms with Crippen LogP contribution in [0.2, 0.25) is 0 Å². The average molecular weight is 234 g/mol. The van der Waals surface area contributed by atoms with Gasteiger partial charge in [-0.1, -0.05) is 0 Å². The summed E-state index contributed by atoms with van der Waals surface area (Å²) in [4.78, 5) is 22.4. The fourth-order valence-electron chi connectivity index (χ4n) is 2.33. The van der Waals surface area contributed by atoms with Crippen LogP contribution >= 0.6 is 0 Å². The van der Waals surface area contributed by atoms with Crippen molar-refractivity contribution in [3.63, 3.8) is 0 Å². The minimum atomic E-state index is -1.07. The molecule has 0 spiro atoms. The third kappa shape index (κ3) is 1.90. The van der Waals surface area contributed by atoms with Crippen LogP contribution in [0.5, 0.6) is 0 Å². The predicted octanol–water partition coefficient (Wildman–Crippen LogP) is 2.58. The summed E-state index contributed by atoms with van der Waals surface area (Å²) in [6, 6.07) is 1.58. The van der Waals surface area contributed by atoms with Crippen molar-refractivity contribution in [1.29, 1.82) is 0 Å². The normalized spacial score (nSPS) is 14.7. The first-order valence-corrected chi connectivity index (χ1v) is 5.54. The molecule has 1 aromatic rings. The Morgan fingerprint density at radius 3 is 2.18 bits per heavy atom. The zero-order chi connectivity index (χ0) is 12.7. The number of carboxylic acids is 2. The highest BCUT2D eigenvalue weighted by Crippen LogP contribution is 2.44. The van der Waals surface area contributed by atoms with Crippen molar-refractivity contribution >= 4 is 11.9 Å². The Balaban J connectivity index is 2.73. The van der Waals surface area contributed by atoms with Crippen LogP contribution in [0.1, 0.15) is 56.2 Å². The number of hydrogen-bond donors (Lipinski definition) is 2. The molecule has 0 atom stereocenters. The molecule has 1 fully saturated rings. The van der Waals surface area contributed by atoms with Crippen LogP contribution in [0, 0.1) is 13.8 Å². The molecule has 4 nitrogen and oxygen atoms in total. The third-order valence-corrected chi connectivity index (χ3v) is 3.26. The van der Waals surface area contributed by atoms with E-state index in [1.54, 1.807) is 19.9 Å². The highest BCUT2D eigenvalue weighted by Gasteiger charge is 2.32. The van der Waals surface area contributed by atoms with Gasteiger partial charge in [0.2, 0.25) is 0 Å². The average Bonchev–Trinajstić information content (AvgIpc) is 3.02. The Bertz CT molecular complexity index is 513. The van der Waals surface area contributed by atoms with Gasteiger partial charge in [-0.15, -0.1) is 0 Å². The van der Waals surface area contributed by atoms with Gasteiger partial charge in [-0.05, 0) is 55.4 Å². The quantitative estimate of drug-likeness (QED) is 0.842. The summed E-state index contributed by atoms with van der Waals surface area (Å²) in [5.41, 5.74) is 2.22. The second-order valence-electron chi connectivity index (χ2n) is 4.54. The zero-order valence-corrected chi connectivity index (χ0v) is 9.78. The van der Waals surface area contributed by atoms with Crippen LogP contribution < -0.4 is 0 Å². The molecule has 0 unspecified atom stereocenters. The maximum atomic E-state index is 11.3. The van der Waals surface area contributed by atoms with Crippen molar-refractivity contribution in [2.24, 2.45) is 0 Å². The summed E-state index contributed by atoms with van der Waals surface area (Å²) in [6.07, 6.45) is 1.99. The molecule has 2 N–H and O–H groups in total. The van der Waals surface area contributed by atoms with Crippen LogP contribution in [0.4, 0.5) is 0 Å². The van der Waals surface area contributed by atoms with E-state index >= 15 is 0 Å². The van der Waals surface area contributed by atoms with Gasteiger partial charge < -0.3 is 10.2 Å². The minimum Gasteiger partial charge on any atom is -0.478 e. The van der Waals surface area contributed by atoms with Gasteiger partial charge in [0.15, 0.2) is 0 Å². The van der Waals surface area contributed by atoms with Crippen molar-refractivity contribution in [2.75, 3.05) is 0 Å². The topological polar surface area (TPSA) is 74.6 Å². The van der Waals surface area contributed by atoms with Gasteiger partial charge >= 0.3 is 11.9 Å². The van der Waals surface area contributed by atoms with Crippen molar-refractivity contribution in [2.45, 2.75) is 32.6 Å². The van der Waals surface area contributed by atoms with Crippen LogP contribution in [-0.2, 0) is 0 Å². The molecule has 0 amide bonds. The number of benzene rings is 1. The second kappa shape index (κ2) is 3.87. The molecule has 0 aromatic heterocycles. The molecule has 17 heavy (non-hydrogen) atoms. The number of aryl methyl sites for hydroxylation is 1. The molecule has 1 aromatic carbocycles. The van der Waals surface area contributed by atoms with E-state index in [9.17, 15) is 14.7 Å². The van der Waals surface area contributed by atoms with Crippen LogP contribution in [0.3, 0.4) is 0 Å².